The van der Waals surface area contributed by atoms with Crippen LogP contribution in [-0.4, -0.2) is 168 Å². The average molecular weight is 504 g/mol. The number of aliphatic hydroxyl groups is 11. The topological polar surface area (TPSA) is 269 Å². The van der Waals surface area contributed by atoms with E-state index in [1.165, 1.54) is 0 Å². The third-order valence-corrected chi connectivity index (χ3v) is 6.09. The smallest absolute Gasteiger partial charge is 0.187 e. The monoisotopic (exact) mass is 504 g/mol. The van der Waals surface area contributed by atoms with Crippen LogP contribution in [-0.2, 0) is 23.7 Å². The second-order valence-corrected chi connectivity index (χ2v) is 8.33. The Balaban J connectivity index is 1.72. The molecule has 0 aromatic heterocycles. The fourth-order valence-corrected chi connectivity index (χ4v) is 4.06. The quantitative estimate of drug-likeness (QED) is 0.154. The molecule has 3 heterocycles. The number of hydrogen-bond acceptors (Lipinski definition) is 16. The standard InChI is InChI=1S/C18H32O16/c19-1-4-7(22)8(23)12(27)17(31-4)34-15-6(3-21)32-18(13(28)10(15)25)33-14-5(2-20)30-16(29)11(26)9(14)24/h4-29H,1-3H2/t4-,5-,6-,7-,8+,9-,10-,11-,12-,13-,14-,15-,16?,17?,18?/m1/s1. The van der Waals surface area contributed by atoms with E-state index < -0.39 is 112 Å². The van der Waals surface area contributed by atoms with Crippen molar-refractivity contribution in [3.05, 3.63) is 0 Å². The molecule has 0 aliphatic carbocycles. The van der Waals surface area contributed by atoms with Crippen molar-refractivity contribution in [3.8, 4) is 0 Å². The molecule has 15 atom stereocenters. The summed E-state index contributed by atoms with van der Waals surface area (Å²) >= 11 is 0. The number of aliphatic hydroxyl groups excluding tert-OH is 11. The van der Waals surface area contributed by atoms with Crippen LogP contribution in [0.15, 0.2) is 0 Å². The molecule has 0 aromatic rings. The van der Waals surface area contributed by atoms with Crippen molar-refractivity contribution in [2.75, 3.05) is 19.8 Å². The Morgan fingerprint density at radius 2 is 0.853 bits per heavy atom. The predicted octanol–water partition coefficient (Wildman–Crippen LogP) is -7.57. The van der Waals surface area contributed by atoms with Gasteiger partial charge < -0.3 is 79.9 Å². The fourth-order valence-electron chi connectivity index (χ4n) is 4.06. The van der Waals surface area contributed by atoms with Crippen molar-refractivity contribution in [1.82, 2.24) is 0 Å². The molecule has 0 spiro atoms. The maximum Gasteiger partial charge on any atom is 0.187 e. The SMILES string of the molecule is OC[C@H]1OC(O[C@H]2[C@H](O)[C@@H](O)C(O[C@H]3[C@H](O)[C@@H](O)C(O)O[C@@H]3CO)O[C@@H]2CO)[C@H](O)[C@@H](O)[C@@H]1O. The minimum Gasteiger partial charge on any atom is -0.394 e. The van der Waals surface area contributed by atoms with Gasteiger partial charge in [-0.2, -0.15) is 0 Å². The van der Waals surface area contributed by atoms with Gasteiger partial charge in [0.25, 0.3) is 0 Å². The highest BCUT2D eigenvalue weighted by Crippen LogP contribution is 2.32. The van der Waals surface area contributed by atoms with E-state index >= 15 is 0 Å². The zero-order chi connectivity index (χ0) is 25.3. The lowest BCUT2D eigenvalue weighted by atomic mass is 9.96. The number of ether oxygens (including phenoxy) is 5. The summed E-state index contributed by atoms with van der Waals surface area (Å²) in [6.07, 6.45) is -25.1. The van der Waals surface area contributed by atoms with E-state index in [9.17, 15) is 56.2 Å². The van der Waals surface area contributed by atoms with E-state index in [0.717, 1.165) is 0 Å². The summed E-state index contributed by atoms with van der Waals surface area (Å²) in [5, 5.41) is 109. The largest absolute Gasteiger partial charge is 0.394 e. The molecular weight excluding hydrogens is 472 g/mol. The second-order valence-electron chi connectivity index (χ2n) is 8.33. The summed E-state index contributed by atoms with van der Waals surface area (Å²) in [5.74, 6) is 0. The summed E-state index contributed by atoms with van der Waals surface area (Å²) in [4.78, 5) is 0. The van der Waals surface area contributed by atoms with Crippen molar-refractivity contribution in [3.63, 3.8) is 0 Å². The van der Waals surface area contributed by atoms with E-state index in [2.05, 4.69) is 0 Å². The molecular formula is C18H32O16. The first-order chi connectivity index (χ1) is 16.0. The molecule has 0 radical (unpaired) electrons. The van der Waals surface area contributed by atoms with Gasteiger partial charge in [0.15, 0.2) is 18.9 Å². The molecule has 34 heavy (non-hydrogen) atoms. The molecule has 0 amide bonds. The van der Waals surface area contributed by atoms with Crippen molar-refractivity contribution in [2.24, 2.45) is 0 Å². The van der Waals surface area contributed by atoms with Gasteiger partial charge in [0.1, 0.15) is 73.2 Å². The lowest BCUT2D eigenvalue weighted by Gasteiger charge is -2.47. The zero-order valence-electron chi connectivity index (χ0n) is 17.7. The van der Waals surface area contributed by atoms with Gasteiger partial charge in [-0.3, -0.25) is 0 Å². The van der Waals surface area contributed by atoms with Gasteiger partial charge in [0.05, 0.1) is 19.8 Å². The molecule has 3 rings (SSSR count). The van der Waals surface area contributed by atoms with E-state index in [1.54, 1.807) is 0 Å². The van der Waals surface area contributed by atoms with E-state index in [1.807, 2.05) is 0 Å². The highest BCUT2D eigenvalue weighted by atomic mass is 16.8. The van der Waals surface area contributed by atoms with Crippen LogP contribution in [0.1, 0.15) is 0 Å². The summed E-state index contributed by atoms with van der Waals surface area (Å²) in [6, 6.07) is 0. The molecule has 3 aliphatic heterocycles. The summed E-state index contributed by atoms with van der Waals surface area (Å²) in [5.41, 5.74) is 0. The summed E-state index contributed by atoms with van der Waals surface area (Å²) in [6.45, 7) is -2.32. The van der Waals surface area contributed by atoms with Crippen LogP contribution in [0.5, 0.6) is 0 Å². The van der Waals surface area contributed by atoms with Crippen LogP contribution in [0.3, 0.4) is 0 Å². The third kappa shape index (κ3) is 5.37. The van der Waals surface area contributed by atoms with Crippen molar-refractivity contribution in [2.45, 2.75) is 92.1 Å². The lowest BCUT2D eigenvalue weighted by molar-refractivity contribution is -0.377. The highest BCUT2D eigenvalue weighted by Gasteiger charge is 2.53. The molecule has 3 aliphatic rings. The predicted molar refractivity (Wildman–Crippen MR) is 101 cm³/mol. The van der Waals surface area contributed by atoms with E-state index in [-0.39, 0.29) is 0 Å². The third-order valence-electron chi connectivity index (χ3n) is 6.09. The normalized spacial score (nSPS) is 52.5. The lowest BCUT2D eigenvalue weighted by Crippen LogP contribution is -2.66. The van der Waals surface area contributed by atoms with Crippen LogP contribution in [0.4, 0.5) is 0 Å². The Kier molecular flexibility index (Phi) is 9.54. The van der Waals surface area contributed by atoms with E-state index in [0.29, 0.717) is 0 Å². The highest BCUT2D eigenvalue weighted by molar-refractivity contribution is 4.96. The first-order valence-corrected chi connectivity index (χ1v) is 10.6. The molecule has 0 saturated carbocycles. The van der Waals surface area contributed by atoms with Gasteiger partial charge >= 0.3 is 0 Å². The van der Waals surface area contributed by atoms with Crippen molar-refractivity contribution in [1.29, 1.82) is 0 Å². The molecule has 0 bridgehead atoms. The summed E-state index contributed by atoms with van der Waals surface area (Å²) < 4.78 is 26.4. The molecule has 200 valence electrons. The van der Waals surface area contributed by atoms with Crippen LogP contribution in [0.25, 0.3) is 0 Å². The Hall–Kier alpha value is -0.640. The Labute approximate surface area is 192 Å². The Morgan fingerprint density at radius 1 is 0.441 bits per heavy atom. The van der Waals surface area contributed by atoms with Gasteiger partial charge in [-0.05, 0) is 0 Å². The zero-order valence-corrected chi connectivity index (χ0v) is 17.7. The maximum atomic E-state index is 10.6. The van der Waals surface area contributed by atoms with Crippen LogP contribution in [0.2, 0.25) is 0 Å². The minimum absolute atomic E-state index is 0.741. The van der Waals surface area contributed by atoms with Crippen LogP contribution < -0.4 is 0 Å². The number of rotatable bonds is 7. The minimum atomic E-state index is -1.91. The van der Waals surface area contributed by atoms with Gasteiger partial charge in [-0.25, -0.2) is 0 Å². The Bertz CT molecular complexity index is 635. The maximum absolute atomic E-state index is 10.6. The van der Waals surface area contributed by atoms with Crippen LogP contribution in [0, 0.1) is 0 Å². The van der Waals surface area contributed by atoms with Crippen LogP contribution >= 0.6 is 0 Å². The number of hydrogen-bond donors (Lipinski definition) is 11. The van der Waals surface area contributed by atoms with Crippen molar-refractivity contribution < 1.29 is 79.9 Å². The van der Waals surface area contributed by atoms with Gasteiger partial charge in [-0.15, -0.1) is 0 Å². The van der Waals surface area contributed by atoms with Crippen molar-refractivity contribution >= 4 is 0 Å². The van der Waals surface area contributed by atoms with Gasteiger partial charge in [0.2, 0.25) is 0 Å². The van der Waals surface area contributed by atoms with Gasteiger partial charge in [-0.1, -0.05) is 0 Å². The first kappa shape index (κ1) is 27.9. The molecule has 16 heteroatoms. The molecule has 0 aromatic carbocycles. The summed E-state index contributed by atoms with van der Waals surface area (Å²) in [7, 11) is 0. The molecule has 16 nitrogen and oxygen atoms in total. The molecule has 3 fully saturated rings. The molecule has 3 saturated heterocycles. The molecule has 11 N–H and O–H groups in total. The average Bonchev–Trinajstić information content (AvgIpc) is 2.83. The van der Waals surface area contributed by atoms with Gasteiger partial charge in [0, 0.05) is 0 Å². The first-order valence-electron chi connectivity index (χ1n) is 10.6. The molecule has 3 unspecified atom stereocenters. The van der Waals surface area contributed by atoms with E-state index in [4.69, 9.17) is 23.7 Å². The Morgan fingerprint density at radius 3 is 1.35 bits per heavy atom. The fraction of sp³-hybridized carbons (Fsp3) is 1.00. The second kappa shape index (κ2) is 11.6.